The van der Waals surface area contributed by atoms with Gasteiger partial charge < -0.3 is 9.84 Å². The first kappa shape index (κ1) is 12.0. The third-order valence-electron chi connectivity index (χ3n) is 2.44. The molecule has 2 aromatic heterocycles. The van der Waals surface area contributed by atoms with Crippen LogP contribution in [-0.4, -0.2) is 38.3 Å². The van der Waals surface area contributed by atoms with E-state index in [9.17, 15) is 9.59 Å². The Hall–Kier alpha value is -2.44. The lowest BCUT2D eigenvalue weighted by Gasteiger charge is -2.05. The first-order valence-electron chi connectivity index (χ1n) is 5.30. The Labute approximate surface area is 102 Å². The van der Waals surface area contributed by atoms with Crippen LogP contribution in [0.1, 0.15) is 33.5 Å². The predicted molar refractivity (Wildman–Crippen MR) is 60.6 cm³/mol. The van der Waals surface area contributed by atoms with Gasteiger partial charge in [0, 0.05) is 12.3 Å². The number of carboxylic acids is 1. The smallest absolute Gasteiger partial charge is 0.356 e. The van der Waals surface area contributed by atoms with Crippen molar-refractivity contribution in [2.45, 2.75) is 13.8 Å². The molecule has 0 radical (unpaired) electrons. The summed E-state index contributed by atoms with van der Waals surface area (Å²) in [5, 5.41) is 12.7. The molecule has 0 bridgehead atoms. The largest absolute Gasteiger partial charge is 0.476 e. The van der Waals surface area contributed by atoms with Gasteiger partial charge in [0.05, 0.1) is 17.9 Å². The van der Waals surface area contributed by atoms with E-state index in [1.54, 1.807) is 13.8 Å². The van der Waals surface area contributed by atoms with Gasteiger partial charge in [0.15, 0.2) is 11.3 Å². The molecule has 0 aliphatic heterocycles. The summed E-state index contributed by atoms with van der Waals surface area (Å²) < 4.78 is 6.19. The van der Waals surface area contributed by atoms with Crippen LogP contribution in [0.3, 0.4) is 0 Å². The second-order valence-electron chi connectivity index (χ2n) is 3.58. The molecule has 0 unspecified atom stereocenters. The number of fused-ring (bicyclic) bond motifs is 1. The van der Waals surface area contributed by atoms with Crippen molar-refractivity contribution in [2.24, 2.45) is 0 Å². The Morgan fingerprint density at radius 1 is 1.50 bits per heavy atom. The highest BCUT2D eigenvalue weighted by molar-refractivity contribution is 5.91. The topological polar surface area (TPSA) is 93.8 Å². The van der Waals surface area contributed by atoms with Crippen molar-refractivity contribution in [3.8, 4) is 0 Å². The molecule has 0 atom stereocenters. The van der Waals surface area contributed by atoms with Gasteiger partial charge in [0.2, 0.25) is 0 Å². The number of aryl methyl sites for hydroxylation is 1. The van der Waals surface area contributed by atoms with E-state index in [0.717, 1.165) is 0 Å². The summed E-state index contributed by atoms with van der Waals surface area (Å²) in [4.78, 5) is 26.4. The normalized spacial score (nSPS) is 10.6. The molecule has 0 saturated carbocycles. The third-order valence-corrected chi connectivity index (χ3v) is 2.44. The maximum atomic E-state index is 11.6. The van der Waals surface area contributed by atoms with E-state index < -0.39 is 11.9 Å². The molecule has 0 saturated heterocycles. The summed E-state index contributed by atoms with van der Waals surface area (Å²) in [5.41, 5.74) is 1.01. The fraction of sp³-hybridized carbons (Fsp3) is 0.273. The van der Waals surface area contributed by atoms with Crippen LogP contribution >= 0.6 is 0 Å². The lowest BCUT2D eigenvalue weighted by molar-refractivity contribution is 0.0523. The van der Waals surface area contributed by atoms with Gasteiger partial charge in [0.1, 0.15) is 0 Å². The van der Waals surface area contributed by atoms with E-state index in [4.69, 9.17) is 9.84 Å². The van der Waals surface area contributed by atoms with Crippen LogP contribution < -0.4 is 0 Å². The number of rotatable bonds is 3. The van der Waals surface area contributed by atoms with Crippen LogP contribution in [0, 0.1) is 6.92 Å². The van der Waals surface area contributed by atoms with E-state index in [2.05, 4.69) is 10.1 Å². The number of esters is 1. The van der Waals surface area contributed by atoms with E-state index in [0.29, 0.717) is 11.3 Å². The standard InChI is InChI=1S/C11H11N3O4/c1-3-18-11(17)7-5-12-9-4-8(10(15)16)13-14(9)6(7)2/h4-5H,3H2,1-2H3,(H,15,16). The molecule has 0 fully saturated rings. The highest BCUT2D eigenvalue weighted by Crippen LogP contribution is 2.12. The first-order valence-corrected chi connectivity index (χ1v) is 5.30. The maximum absolute atomic E-state index is 11.6. The van der Waals surface area contributed by atoms with E-state index in [1.807, 2.05) is 0 Å². The number of hydrogen-bond donors (Lipinski definition) is 1. The second-order valence-corrected chi connectivity index (χ2v) is 3.58. The molecule has 0 aliphatic carbocycles. The van der Waals surface area contributed by atoms with Crippen molar-refractivity contribution < 1.29 is 19.4 Å². The van der Waals surface area contributed by atoms with Gasteiger partial charge in [-0.25, -0.2) is 19.1 Å². The average molecular weight is 249 g/mol. The summed E-state index contributed by atoms with van der Waals surface area (Å²) in [7, 11) is 0. The molecule has 2 heterocycles. The van der Waals surface area contributed by atoms with Crippen LogP contribution in [0.5, 0.6) is 0 Å². The first-order chi connectivity index (χ1) is 8.54. The molecule has 94 valence electrons. The van der Waals surface area contributed by atoms with Crippen molar-refractivity contribution in [3.63, 3.8) is 0 Å². The van der Waals surface area contributed by atoms with Crippen LogP contribution in [0.25, 0.3) is 5.65 Å². The van der Waals surface area contributed by atoms with Crippen molar-refractivity contribution in [1.82, 2.24) is 14.6 Å². The Morgan fingerprint density at radius 3 is 2.83 bits per heavy atom. The minimum Gasteiger partial charge on any atom is -0.476 e. The van der Waals surface area contributed by atoms with Gasteiger partial charge in [-0.3, -0.25) is 0 Å². The van der Waals surface area contributed by atoms with Crippen LogP contribution in [0.15, 0.2) is 12.3 Å². The summed E-state index contributed by atoms with van der Waals surface area (Å²) in [6.07, 6.45) is 1.36. The molecule has 7 nitrogen and oxygen atoms in total. The minimum atomic E-state index is -1.14. The van der Waals surface area contributed by atoms with Crippen molar-refractivity contribution in [2.75, 3.05) is 6.61 Å². The summed E-state index contributed by atoms with van der Waals surface area (Å²) in [6.45, 7) is 3.62. The highest BCUT2D eigenvalue weighted by atomic mass is 16.5. The number of carbonyl (C=O) groups is 2. The number of hydrogen-bond acceptors (Lipinski definition) is 5. The molecule has 2 aromatic rings. The summed E-state index contributed by atoms with van der Waals surface area (Å²) >= 11 is 0. The molecular weight excluding hydrogens is 238 g/mol. The molecule has 0 aromatic carbocycles. The van der Waals surface area contributed by atoms with Gasteiger partial charge in [-0.15, -0.1) is 0 Å². The maximum Gasteiger partial charge on any atom is 0.356 e. The number of carbonyl (C=O) groups excluding carboxylic acids is 1. The lowest BCUT2D eigenvalue weighted by atomic mass is 10.2. The van der Waals surface area contributed by atoms with Crippen LogP contribution in [0.2, 0.25) is 0 Å². The van der Waals surface area contributed by atoms with E-state index in [-0.39, 0.29) is 17.9 Å². The van der Waals surface area contributed by atoms with Gasteiger partial charge >= 0.3 is 11.9 Å². The second kappa shape index (κ2) is 4.44. The fourth-order valence-electron chi connectivity index (χ4n) is 1.56. The zero-order chi connectivity index (χ0) is 13.3. The summed E-state index contributed by atoms with van der Waals surface area (Å²) in [6, 6.07) is 1.34. The highest BCUT2D eigenvalue weighted by Gasteiger charge is 2.16. The monoisotopic (exact) mass is 249 g/mol. The zero-order valence-electron chi connectivity index (χ0n) is 9.88. The zero-order valence-corrected chi connectivity index (χ0v) is 9.88. The Morgan fingerprint density at radius 2 is 2.22 bits per heavy atom. The number of aromatic nitrogens is 3. The Bertz CT molecular complexity index is 632. The molecule has 1 N–H and O–H groups in total. The van der Waals surface area contributed by atoms with Crippen molar-refractivity contribution in [1.29, 1.82) is 0 Å². The third kappa shape index (κ3) is 1.90. The van der Waals surface area contributed by atoms with E-state index >= 15 is 0 Å². The van der Waals surface area contributed by atoms with Crippen LogP contribution in [0.4, 0.5) is 0 Å². The molecule has 18 heavy (non-hydrogen) atoms. The van der Waals surface area contributed by atoms with Gasteiger partial charge in [0.25, 0.3) is 0 Å². The van der Waals surface area contributed by atoms with Crippen molar-refractivity contribution in [3.05, 3.63) is 29.2 Å². The molecule has 7 heteroatoms. The molecule has 0 aliphatic rings. The average Bonchev–Trinajstić information content (AvgIpc) is 2.74. The molecule has 2 rings (SSSR count). The number of carboxylic acid groups (broad SMARTS) is 1. The lowest BCUT2D eigenvalue weighted by Crippen LogP contribution is -2.11. The quantitative estimate of drug-likeness (QED) is 0.812. The molecule has 0 spiro atoms. The van der Waals surface area contributed by atoms with Crippen molar-refractivity contribution >= 4 is 17.6 Å². The minimum absolute atomic E-state index is 0.119. The van der Waals surface area contributed by atoms with E-state index in [1.165, 1.54) is 16.8 Å². The fourth-order valence-corrected chi connectivity index (χ4v) is 1.56. The van der Waals surface area contributed by atoms with Gasteiger partial charge in [-0.05, 0) is 13.8 Å². The van der Waals surface area contributed by atoms with Gasteiger partial charge in [-0.2, -0.15) is 5.10 Å². The van der Waals surface area contributed by atoms with Gasteiger partial charge in [-0.1, -0.05) is 0 Å². The number of ether oxygens (including phenoxy) is 1. The molecule has 0 amide bonds. The van der Waals surface area contributed by atoms with Crippen LogP contribution in [-0.2, 0) is 4.74 Å². The number of aromatic carboxylic acids is 1. The molecular formula is C11H11N3O4. The Kier molecular flexibility index (Phi) is 2.97. The summed E-state index contributed by atoms with van der Waals surface area (Å²) in [5.74, 6) is -1.64. The SMILES string of the molecule is CCOC(=O)c1cnc2cc(C(=O)O)nn2c1C. The Balaban J connectivity index is 2.56. The number of nitrogens with zero attached hydrogens (tertiary/aromatic N) is 3. The predicted octanol–water partition coefficient (Wildman–Crippen LogP) is 0.913.